The van der Waals surface area contributed by atoms with Gasteiger partial charge in [0.15, 0.2) is 0 Å². The summed E-state index contributed by atoms with van der Waals surface area (Å²) in [5.74, 6) is 1.65. The van der Waals surface area contributed by atoms with Crippen LogP contribution in [0.25, 0.3) is 5.65 Å². The Morgan fingerprint density at radius 2 is 2.29 bits per heavy atom. The van der Waals surface area contributed by atoms with Crippen molar-refractivity contribution in [2.24, 2.45) is 0 Å². The Morgan fingerprint density at radius 3 is 3.05 bits per heavy atom. The quantitative estimate of drug-likeness (QED) is 0.744. The molecule has 7 heteroatoms. The summed E-state index contributed by atoms with van der Waals surface area (Å²) in [6, 6.07) is 5.42. The molecule has 0 aliphatic carbocycles. The minimum absolute atomic E-state index is 0.405. The smallest absolute Gasteiger partial charge is 0.265 e. The monoisotopic (exact) mass is 366 g/mol. The first kappa shape index (κ1) is 14.2. The van der Waals surface area contributed by atoms with E-state index in [9.17, 15) is 0 Å². The molecule has 0 spiro atoms. The van der Waals surface area contributed by atoms with Crippen LogP contribution in [0.5, 0.6) is 11.6 Å². The second-order valence-electron chi connectivity index (χ2n) is 4.30. The Bertz CT molecular complexity index is 790. The number of hydrogen-bond donors (Lipinski definition) is 1. The number of nitrogens with zero attached hydrogens (tertiary/aromatic N) is 3. The van der Waals surface area contributed by atoms with Crippen molar-refractivity contribution in [1.82, 2.24) is 14.4 Å². The number of halogens is 2. The number of aromatic nitrogens is 3. The number of hydrogen-bond acceptors (Lipinski definition) is 4. The van der Waals surface area contributed by atoms with E-state index in [1.54, 1.807) is 18.3 Å². The van der Waals surface area contributed by atoms with Crippen LogP contribution in [0.3, 0.4) is 0 Å². The van der Waals surface area contributed by atoms with Gasteiger partial charge in [-0.15, -0.1) is 0 Å². The van der Waals surface area contributed by atoms with Gasteiger partial charge in [0.05, 0.1) is 11.2 Å². The molecule has 2 heterocycles. The van der Waals surface area contributed by atoms with E-state index in [1.807, 2.05) is 29.8 Å². The van der Waals surface area contributed by atoms with Gasteiger partial charge in [-0.3, -0.25) is 4.40 Å². The van der Waals surface area contributed by atoms with Crippen LogP contribution in [0.2, 0.25) is 5.02 Å². The molecule has 0 fully saturated rings. The van der Waals surface area contributed by atoms with Gasteiger partial charge < -0.3 is 10.1 Å². The third-order valence-electron chi connectivity index (χ3n) is 2.80. The summed E-state index contributed by atoms with van der Waals surface area (Å²) in [6.07, 6.45) is 5.40. The molecular weight excluding hydrogens is 356 g/mol. The Morgan fingerprint density at radius 1 is 1.43 bits per heavy atom. The van der Waals surface area contributed by atoms with Crippen LogP contribution in [0, 0.1) is 0 Å². The van der Waals surface area contributed by atoms with Gasteiger partial charge >= 0.3 is 0 Å². The predicted molar refractivity (Wildman–Crippen MR) is 86.4 cm³/mol. The molecule has 0 saturated carbocycles. The summed E-state index contributed by atoms with van der Waals surface area (Å²) in [5, 5.41) is 3.66. The van der Waals surface area contributed by atoms with E-state index in [4.69, 9.17) is 16.3 Å². The van der Waals surface area contributed by atoms with Crippen molar-refractivity contribution in [2.75, 3.05) is 11.9 Å². The standard InChI is InChI=1S/C14H12BrClN4O/c1-2-17-12-8-20-6-5-18-13(20)14(19-12)21-11-4-3-9(15)7-10(11)16/h3-8,17H,2H2,1H3. The molecule has 2 aromatic heterocycles. The van der Waals surface area contributed by atoms with Crippen molar-refractivity contribution in [1.29, 1.82) is 0 Å². The van der Waals surface area contributed by atoms with Gasteiger partial charge in [0, 0.05) is 23.4 Å². The third-order valence-corrected chi connectivity index (χ3v) is 3.59. The summed E-state index contributed by atoms with van der Waals surface area (Å²) >= 11 is 9.55. The molecule has 1 N–H and O–H groups in total. The molecule has 0 saturated heterocycles. The number of nitrogens with one attached hydrogen (secondary N) is 1. The van der Waals surface area contributed by atoms with Crippen LogP contribution in [0.1, 0.15) is 6.92 Å². The Kier molecular flexibility index (Phi) is 3.98. The topological polar surface area (TPSA) is 51.5 Å². The lowest BCUT2D eigenvalue weighted by Gasteiger charge is -2.10. The van der Waals surface area contributed by atoms with E-state index in [1.165, 1.54) is 0 Å². The van der Waals surface area contributed by atoms with Gasteiger partial charge in [-0.2, -0.15) is 4.98 Å². The highest BCUT2D eigenvalue weighted by atomic mass is 79.9. The second-order valence-corrected chi connectivity index (χ2v) is 5.62. The average Bonchev–Trinajstić information content (AvgIpc) is 2.91. The lowest BCUT2D eigenvalue weighted by atomic mass is 10.3. The predicted octanol–water partition coefficient (Wildman–Crippen LogP) is 4.37. The molecule has 1 aromatic carbocycles. The van der Waals surface area contributed by atoms with Gasteiger partial charge in [0.2, 0.25) is 5.65 Å². The van der Waals surface area contributed by atoms with Crippen LogP contribution in [-0.4, -0.2) is 20.9 Å². The van der Waals surface area contributed by atoms with Crippen LogP contribution in [0.4, 0.5) is 5.82 Å². The van der Waals surface area contributed by atoms with Gasteiger partial charge in [0.25, 0.3) is 5.88 Å². The molecule has 0 unspecified atom stereocenters. The van der Waals surface area contributed by atoms with Gasteiger partial charge in [-0.25, -0.2) is 4.98 Å². The molecule has 108 valence electrons. The first-order valence-electron chi connectivity index (χ1n) is 6.38. The van der Waals surface area contributed by atoms with Crippen molar-refractivity contribution < 1.29 is 4.74 Å². The highest BCUT2D eigenvalue weighted by molar-refractivity contribution is 9.10. The second kappa shape index (κ2) is 5.91. The van der Waals surface area contributed by atoms with Gasteiger partial charge in [-0.1, -0.05) is 27.5 Å². The van der Waals surface area contributed by atoms with Crippen molar-refractivity contribution in [3.63, 3.8) is 0 Å². The summed E-state index contributed by atoms with van der Waals surface area (Å²) in [5.41, 5.74) is 0.635. The fraction of sp³-hybridized carbons (Fsp3) is 0.143. The van der Waals surface area contributed by atoms with Crippen molar-refractivity contribution in [3.05, 3.63) is 46.3 Å². The molecule has 0 aliphatic rings. The number of fused-ring (bicyclic) bond motifs is 1. The van der Waals surface area contributed by atoms with E-state index in [2.05, 4.69) is 31.2 Å². The average molecular weight is 368 g/mol. The highest BCUT2D eigenvalue weighted by Gasteiger charge is 2.12. The first-order valence-corrected chi connectivity index (χ1v) is 7.55. The molecule has 0 radical (unpaired) electrons. The lowest BCUT2D eigenvalue weighted by molar-refractivity contribution is 0.466. The molecule has 0 aliphatic heterocycles. The van der Waals surface area contributed by atoms with E-state index in [-0.39, 0.29) is 0 Å². The van der Waals surface area contributed by atoms with Gasteiger partial charge in [0.1, 0.15) is 11.6 Å². The van der Waals surface area contributed by atoms with Crippen LogP contribution in [0.15, 0.2) is 41.3 Å². The Labute approximate surface area is 135 Å². The van der Waals surface area contributed by atoms with Crippen LogP contribution >= 0.6 is 27.5 Å². The molecule has 0 bridgehead atoms. The van der Waals surface area contributed by atoms with E-state index < -0.39 is 0 Å². The fourth-order valence-corrected chi connectivity index (χ4v) is 2.61. The molecule has 3 rings (SSSR count). The minimum atomic E-state index is 0.405. The van der Waals surface area contributed by atoms with Crippen LogP contribution < -0.4 is 10.1 Å². The zero-order valence-electron chi connectivity index (χ0n) is 11.2. The number of imidazole rings is 1. The minimum Gasteiger partial charge on any atom is -0.434 e. The van der Waals surface area contributed by atoms with Crippen molar-refractivity contribution >= 4 is 39.0 Å². The summed E-state index contributed by atoms with van der Waals surface area (Å²) in [6.45, 7) is 2.78. The summed E-state index contributed by atoms with van der Waals surface area (Å²) in [7, 11) is 0. The highest BCUT2D eigenvalue weighted by Crippen LogP contribution is 2.32. The number of rotatable bonds is 4. The van der Waals surface area contributed by atoms with Crippen LogP contribution in [-0.2, 0) is 0 Å². The zero-order chi connectivity index (χ0) is 14.8. The number of ether oxygens (including phenoxy) is 1. The Balaban J connectivity index is 2.04. The number of anilines is 1. The molecule has 21 heavy (non-hydrogen) atoms. The third kappa shape index (κ3) is 2.96. The number of benzene rings is 1. The summed E-state index contributed by atoms with van der Waals surface area (Å²) < 4.78 is 8.58. The Hall–Kier alpha value is -1.79. The van der Waals surface area contributed by atoms with E-state index in [0.717, 1.165) is 11.0 Å². The van der Waals surface area contributed by atoms with Gasteiger partial charge in [-0.05, 0) is 25.1 Å². The van der Waals surface area contributed by atoms with E-state index in [0.29, 0.717) is 28.1 Å². The lowest BCUT2D eigenvalue weighted by Crippen LogP contribution is -2.03. The maximum absolute atomic E-state index is 6.18. The van der Waals surface area contributed by atoms with E-state index >= 15 is 0 Å². The maximum Gasteiger partial charge on any atom is 0.265 e. The summed E-state index contributed by atoms with van der Waals surface area (Å²) in [4.78, 5) is 8.69. The molecule has 5 nitrogen and oxygen atoms in total. The molecule has 0 amide bonds. The largest absolute Gasteiger partial charge is 0.434 e. The normalized spacial score (nSPS) is 10.8. The SMILES string of the molecule is CCNc1cn2ccnc2c(Oc2ccc(Br)cc2Cl)n1. The molecular formula is C14H12BrClN4O. The van der Waals surface area contributed by atoms with Crippen molar-refractivity contribution in [3.8, 4) is 11.6 Å². The molecule has 3 aromatic rings. The van der Waals surface area contributed by atoms with Crippen molar-refractivity contribution in [2.45, 2.75) is 6.92 Å². The first-order chi connectivity index (χ1) is 10.2. The zero-order valence-corrected chi connectivity index (χ0v) is 13.5. The molecule has 0 atom stereocenters. The maximum atomic E-state index is 6.18. The fourth-order valence-electron chi connectivity index (χ4n) is 1.90.